The fraction of sp³-hybridized carbons (Fsp3) is 0.357. The number of aromatic nitrogens is 3. The minimum atomic E-state index is -0.971. The monoisotopic (exact) mass is 292 g/mol. The number of carbonyl (C=O) groups excluding carboxylic acids is 1. The molecule has 7 heteroatoms. The third-order valence-electron chi connectivity index (χ3n) is 3.59. The van der Waals surface area contributed by atoms with Crippen molar-refractivity contribution in [3.63, 3.8) is 0 Å². The Kier molecular flexibility index (Phi) is 3.40. The van der Waals surface area contributed by atoms with Crippen molar-refractivity contribution in [3.05, 3.63) is 41.5 Å². The van der Waals surface area contributed by atoms with Crippen LogP contribution >= 0.6 is 0 Å². The van der Waals surface area contributed by atoms with Gasteiger partial charge in [-0.15, -0.1) is 5.10 Å². The lowest BCUT2D eigenvalue weighted by molar-refractivity contribution is 0.0776. The number of likely N-dealkylation sites (tertiary alicyclic amines) is 1. The zero-order valence-corrected chi connectivity index (χ0v) is 11.5. The standard InChI is InChI=1S/C14H14F2N4O/c1-9-13(14(21)19-7-6-11(16)8-19)17-18-20(9)12-4-2-10(15)3-5-12/h2-5,11H,6-8H2,1H3. The van der Waals surface area contributed by atoms with Gasteiger partial charge in [0.05, 0.1) is 17.9 Å². The molecule has 1 aromatic carbocycles. The smallest absolute Gasteiger partial charge is 0.276 e. The van der Waals surface area contributed by atoms with Crippen molar-refractivity contribution in [2.75, 3.05) is 13.1 Å². The molecule has 1 atom stereocenters. The molecule has 1 aliphatic heterocycles. The molecule has 2 heterocycles. The van der Waals surface area contributed by atoms with Crippen molar-refractivity contribution >= 4 is 5.91 Å². The molecule has 5 nitrogen and oxygen atoms in total. The summed E-state index contributed by atoms with van der Waals surface area (Å²) in [6, 6.07) is 5.73. The molecule has 1 unspecified atom stereocenters. The van der Waals surface area contributed by atoms with Crippen LogP contribution in [0.5, 0.6) is 0 Å². The van der Waals surface area contributed by atoms with Gasteiger partial charge in [-0.3, -0.25) is 4.79 Å². The summed E-state index contributed by atoms with van der Waals surface area (Å²) in [5.74, 6) is -0.667. The van der Waals surface area contributed by atoms with E-state index in [0.29, 0.717) is 24.3 Å². The van der Waals surface area contributed by atoms with E-state index in [9.17, 15) is 13.6 Å². The van der Waals surface area contributed by atoms with Gasteiger partial charge in [-0.05, 0) is 37.6 Å². The predicted molar refractivity (Wildman–Crippen MR) is 71.5 cm³/mol. The van der Waals surface area contributed by atoms with Gasteiger partial charge in [0.1, 0.15) is 12.0 Å². The number of amides is 1. The quantitative estimate of drug-likeness (QED) is 0.849. The maximum atomic E-state index is 13.2. The highest BCUT2D eigenvalue weighted by Crippen LogP contribution is 2.18. The second-order valence-electron chi connectivity index (χ2n) is 5.05. The van der Waals surface area contributed by atoms with Crippen molar-refractivity contribution in [1.82, 2.24) is 19.9 Å². The Bertz CT molecular complexity index is 668. The Hall–Kier alpha value is -2.31. The Balaban J connectivity index is 1.88. The Morgan fingerprint density at radius 3 is 2.67 bits per heavy atom. The number of benzene rings is 1. The van der Waals surface area contributed by atoms with Gasteiger partial charge in [-0.1, -0.05) is 5.21 Å². The average Bonchev–Trinajstić information content (AvgIpc) is 3.06. The first-order chi connectivity index (χ1) is 10.1. The molecular weight excluding hydrogens is 278 g/mol. The van der Waals surface area contributed by atoms with Crippen LogP contribution in [0.15, 0.2) is 24.3 Å². The SMILES string of the molecule is Cc1c(C(=O)N2CCC(F)C2)nnn1-c1ccc(F)cc1. The normalized spacial score (nSPS) is 18.2. The van der Waals surface area contributed by atoms with Gasteiger partial charge in [0.15, 0.2) is 5.69 Å². The molecule has 0 N–H and O–H groups in total. The van der Waals surface area contributed by atoms with E-state index < -0.39 is 6.17 Å². The van der Waals surface area contributed by atoms with Crippen molar-refractivity contribution in [3.8, 4) is 5.69 Å². The molecule has 1 aromatic heterocycles. The van der Waals surface area contributed by atoms with Gasteiger partial charge in [-0.25, -0.2) is 13.5 Å². The van der Waals surface area contributed by atoms with Gasteiger partial charge >= 0.3 is 0 Å². The summed E-state index contributed by atoms with van der Waals surface area (Å²) < 4.78 is 27.6. The van der Waals surface area contributed by atoms with Crippen LogP contribution in [-0.4, -0.2) is 45.1 Å². The van der Waals surface area contributed by atoms with Crippen LogP contribution in [0.2, 0.25) is 0 Å². The minimum absolute atomic E-state index is 0.0989. The van der Waals surface area contributed by atoms with E-state index in [4.69, 9.17) is 0 Å². The summed E-state index contributed by atoms with van der Waals surface area (Å²) in [6.07, 6.45) is -0.613. The summed E-state index contributed by atoms with van der Waals surface area (Å²) >= 11 is 0. The lowest BCUT2D eigenvalue weighted by atomic mass is 10.2. The van der Waals surface area contributed by atoms with Gasteiger partial charge in [0.2, 0.25) is 0 Å². The van der Waals surface area contributed by atoms with Crippen LogP contribution in [0.25, 0.3) is 5.69 Å². The van der Waals surface area contributed by atoms with Crippen molar-refractivity contribution in [2.45, 2.75) is 19.5 Å². The third-order valence-corrected chi connectivity index (χ3v) is 3.59. The maximum Gasteiger partial charge on any atom is 0.276 e. The van der Waals surface area contributed by atoms with Gasteiger partial charge in [-0.2, -0.15) is 0 Å². The molecule has 110 valence electrons. The van der Waals surface area contributed by atoms with E-state index in [1.165, 1.54) is 21.7 Å². The van der Waals surface area contributed by atoms with E-state index in [1.807, 2.05) is 0 Å². The average molecular weight is 292 g/mol. The second kappa shape index (κ2) is 5.23. The van der Waals surface area contributed by atoms with E-state index >= 15 is 0 Å². The predicted octanol–water partition coefficient (Wildman–Crippen LogP) is 1.90. The van der Waals surface area contributed by atoms with Crippen LogP contribution in [0.1, 0.15) is 22.6 Å². The molecule has 0 radical (unpaired) electrons. The fourth-order valence-corrected chi connectivity index (χ4v) is 2.41. The van der Waals surface area contributed by atoms with Crippen LogP contribution < -0.4 is 0 Å². The highest BCUT2D eigenvalue weighted by atomic mass is 19.1. The van der Waals surface area contributed by atoms with Crippen LogP contribution in [0, 0.1) is 12.7 Å². The summed E-state index contributed by atoms with van der Waals surface area (Å²) in [7, 11) is 0. The Labute approximate surface area is 120 Å². The zero-order valence-electron chi connectivity index (χ0n) is 11.5. The van der Waals surface area contributed by atoms with E-state index in [0.717, 1.165) is 0 Å². The molecule has 0 bridgehead atoms. The van der Waals surface area contributed by atoms with Crippen LogP contribution in [-0.2, 0) is 0 Å². The fourth-order valence-electron chi connectivity index (χ4n) is 2.41. The molecule has 3 rings (SSSR count). The number of rotatable bonds is 2. The molecule has 0 spiro atoms. The van der Waals surface area contributed by atoms with Gasteiger partial charge in [0.25, 0.3) is 5.91 Å². The first kappa shape index (κ1) is 13.7. The maximum absolute atomic E-state index is 13.2. The first-order valence-corrected chi connectivity index (χ1v) is 6.68. The summed E-state index contributed by atoms with van der Waals surface area (Å²) in [6.45, 7) is 2.20. The van der Waals surface area contributed by atoms with E-state index in [1.54, 1.807) is 19.1 Å². The molecule has 1 saturated heterocycles. The molecule has 21 heavy (non-hydrogen) atoms. The van der Waals surface area contributed by atoms with E-state index in [-0.39, 0.29) is 24.0 Å². The van der Waals surface area contributed by atoms with Crippen LogP contribution in [0.3, 0.4) is 0 Å². The molecule has 0 saturated carbocycles. The number of hydrogen-bond donors (Lipinski definition) is 0. The minimum Gasteiger partial charge on any atom is -0.334 e. The third kappa shape index (κ3) is 2.51. The lowest BCUT2D eigenvalue weighted by Gasteiger charge is -2.13. The highest BCUT2D eigenvalue weighted by Gasteiger charge is 2.29. The van der Waals surface area contributed by atoms with Crippen molar-refractivity contribution in [1.29, 1.82) is 0 Å². The van der Waals surface area contributed by atoms with Crippen molar-refractivity contribution in [2.24, 2.45) is 0 Å². The molecule has 2 aromatic rings. The number of halogens is 2. The zero-order chi connectivity index (χ0) is 15.0. The second-order valence-corrected chi connectivity index (χ2v) is 5.05. The van der Waals surface area contributed by atoms with E-state index in [2.05, 4.69) is 10.3 Å². The first-order valence-electron chi connectivity index (χ1n) is 6.68. The highest BCUT2D eigenvalue weighted by molar-refractivity contribution is 5.93. The summed E-state index contributed by atoms with van der Waals surface area (Å²) in [5.41, 5.74) is 1.37. The Morgan fingerprint density at radius 2 is 2.05 bits per heavy atom. The number of carbonyl (C=O) groups is 1. The lowest BCUT2D eigenvalue weighted by Crippen LogP contribution is -2.29. The molecule has 0 aliphatic carbocycles. The Morgan fingerprint density at radius 1 is 1.33 bits per heavy atom. The van der Waals surface area contributed by atoms with Crippen molar-refractivity contribution < 1.29 is 13.6 Å². The van der Waals surface area contributed by atoms with Gasteiger partial charge in [0, 0.05) is 6.54 Å². The molecular formula is C14H14F2N4O. The van der Waals surface area contributed by atoms with Crippen LogP contribution in [0.4, 0.5) is 8.78 Å². The van der Waals surface area contributed by atoms with Gasteiger partial charge < -0.3 is 4.90 Å². The number of alkyl halides is 1. The number of hydrogen-bond acceptors (Lipinski definition) is 3. The molecule has 1 aliphatic rings. The summed E-state index contributed by atoms with van der Waals surface area (Å²) in [4.78, 5) is 13.7. The summed E-state index contributed by atoms with van der Waals surface area (Å²) in [5, 5.41) is 7.82. The number of nitrogens with zero attached hydrogens (tertiary/aromatic N) is 4. The molecule has 1 fully saturated rings. The largest absolute Gasteiger partial charge is 0.334 e. The molecule has 1 amide bonds. The topological polar surface area (TPSA) is 51.0 Å².